The fourth-order valence-corrected chi connectivity index (χ4v) is 7.72. The number of aromatic nitrogens is 1. The molecule has 6 rings (SSSR count). The van der Waals surface area contributed by atoms with E-state index in [1.165, 1.54) is 4.90 Å². The summed E-state index contributed by atoms with van der Waals surface area (Å²) in [5.41, 5.74) is 0.344. The molecule has 260 valence electrons. The molecular weight excluding hydrogens is 616 g/mol. The Bertz CT molecular complexity index is 1530. The quantitative estimate of drug-likeness (QED) is 0.369. The minimum atomic E-state index is -1.33. The fourth-order valence-electron chi connectivity index (χ4n) is 7.72. The lowest BCUT2D eigenvalue weighted by atomic mass is 10.0. The zero-order chi connectivity index (χ0) is 33.8. The average molecular weight is 665 g/mol. The first-order chi connectivity index (χ1) is 23.2. The van der Waals surface area contributed by atoms with E-state index in [4.69, 9.17) is 14.2 Å². The number of hydrogen-bond donors (Lipinski definition) is 3. The number of alkyl carbamates (subject to hydrolysis) is 1. The summed E-state index contributed by atoms with van der Waals surface area (Å²) >= 11 is 0. The molecule has 3 heterocycles. The molecule has 0 spiro atoms. The number of fused-ring (bicyclic) bond motifs is 3. The van der Waals surface area contributed by atoms with E-state index < -0.39 is 47.6 Å². The van der Waals surface area contributed by atoms with Gasteiger partial charge in [0.05, 0.1) is 18.7 Å². The van der Waals surface area contributed by atoms with Gasteiger partial charge in [0.25, 0.3) is 0 Å². The number of carbonyl (C=O) groups is 4. The average Bonchev–Trinajstić information content (AvgIpc) is 3.34. The summed E-state index contributed by atoms with van der Waals surface area (Å²) in [7, 11) is 0. The Kier molecular flexibility index (Phi) is 10.3. The van der Waals surface area contributed by atoms with Gasteiger partial charge in [-0.1, -0.05) is 44.2 Å². The lowest BCUT2D eigenvalue weighted by molar-refractivity contribution is -0.146. The Morgan fingerprint density at radius 1 is 1.04 bits per heavy atom. The van der Waals surface area contributed by atoms with Gasteiger partial charge in [0.2, 0.25) is 17.7 Å². The number of pyridine rings is 1. The third-order valence-electron chi connectivity index (χ3n) is 10.5. The number of carboxylic acid groups (broad SMARTS) is 1. The molecule has 2 unspecified atom stereocenters. The molecule has 48 heavy (non-hydrogen) atoms. The summed E-state index contributed by atoms with van der Waals surface area (Å²) in [5, 5.41) is 16.7. The van der Waals surface area contributed by atoms with Gasteiger partial charge < -0.3 is 34.9 Å². The van der Waals surface area contributed by atoms with E-state index in [0.29, 0.717) is 31.1 Å². The van der Waals surface area contributed by atoms with Crippen molar-refractivity contribution in [2.45, 2.75) is 127 Å². The summed E-state index contributed by atoms with van der Waals surface area (Å²) < 4.78 is 18.0. The molecule has 1 aromatic carbocycles. The van der Waals surface area contributed by atoms with Gasteiger partial charge in [0, 0.05) is 17.9 Å². The van der Waals surface area contributed by atoms with E-state index in [2.05, 4.69) is 15.6 Å². The van der Waals surface area contributed by atoms with Crippen LogP contribution in [0, 0.1) is 12.8 Å². The van der Waals surface area contributed by atoms with Crippen LogP contribution in [0.1, 0.15) is 96.0 Å². The molecule has 4 fully saturated rings. The van der Waals surface area contributed by atoms with Crippen molar-refractivity contribution in [2.75, 3.05) is 13.2 Å². The van der Waals surface area contributed by atoms with Crippen LogP contribution in [0.2, 0.25) is 0 Å². The van der Waals surface area contributed by atoms with Gasteiger partial charge in [-0.2, -0.15) is 0 Å². The molecule has 12 heteroatoms. The second kappa shape index (κ2) is 14.6. The second-order valence-electron chi connectivity index (χ2n) is 13.9. The van der Waals surface area contributed by atoms with Crippen molar-refractivity contribution in [2.24, 2.45) is 5.92 Å². The number of aliphatic carboxylic acids is 1. The summed E-state index contributed by atoms with van der Waals surface area (Å²) in [4.78, 5) is 60.0. The van der Waals surface area contributed by atoms with Crippen LogP contribution in [-0.4, -0.2) is 81.8 Å². The molecule has 4 aliphatic rings. The third kappa shape index (κ3) is 7.32. The van der Waals surface area contributed by atoms with Crippen molar-refractivity contribution in [1.29, 1.82) is 0 Å². The first-order valence-electron chi connectivity index (χ1n) is 17.7. The topological polar surface area (TPSA) is 156 Å². The maximum atomic E-state index is 14.4. The van der Waals surface area contributed by atoms with E-state index in [1.807, 2.05) is 32.0 Å². The van der Waals surface area contributed by atoms with Crippen LogP contribution in [-0.2, 0) is 19.1 Å². The van der Waals surface area contributed by atoms with Crippen molar-refractivity contribution in [1.82, 2.24) is 20.5 Å². The van der Waals surface area contributed by atoms with Crippen LogP contribution in [0.25, 0.3) is 10.9 Å². The van der Waals surface area contributed by atoms with Crippen molar-refractivity contribution in [3.63, 3.8) is 0 Å². The normalized spacial score (nSPS) is 28.4. The molecule has 2 aliphatic heterocycles. The van der Waals surface area contributed by atoms with Gasteiger partial charge in [-0.25, -0.2) is 14.6 Å². The predicted octanol–water partition coefficient (Wildman–Crippen LogP) is 5.03. The molecule has 2 saturated heterocycles. The smallest absolute Gasteiger partial charge is 0.408 e. The van der Waals surface area contributed by atoms with Crippen molar-refractivity contribution < 1.29 is 38.5 Å². The molecule has 2 aromatic rings. The first-order valence-corrected chi connectivity index (χ1v) is 17.7. The molecular formula is C36H48N4O8. The number of nitrogens with zero attached hydrogens (tertiary/aromatic N) is 2. The van der Waals surface area contributed by atoms with Crippen molar-refractivity contribution in [3.8, 4) is 11.6 Å². The van der Waals surface area contributed by atoms with Crippen molar-refractivity contribution >= 4 is 34.8 Å². The third-order valence-corrected chi connectivity index (χ3v) is 10.5. The summed E-state index contributed by atoms with van der Waals surface area (Å²) in [6.07, 6.45) is 8.24. The number of hydrogen-bond acceptors (Lipinski definition) is 8. The van der Waals surface area contributed by atoms with Crippen LogP contribution >= 0.6 is 0 Å². The zero-order valence-electron chi connectivity index (χ0n) is 28.0. The van der Waals surface area contributed by atoms with Gasteiger partial charge >= 0.3 is 12.1 Å². The Labute approximate surface area is 281 Å². The van der Waals surface area contributed by atoms with E-state index in [-0.39, 0.29) is 25.0 Å². The minimum absolute atomic E-state index is 0.0792. The number of nitrogens with one attached hydrogen (secondary N) is 2. The molecule has 0 bridgehead atoms. The highest BCUT2D eigenvalue weighted by atomic mass is 16.6. The van der Waals surface area contributed by atoms with Crippen LogP contribution in [0.15, 0.2) is 24.3 Å². The minimum Gasteiger partial charge on any atom is -0.488 e. The van der Waals surface area contributed by atoms with Crippen LogP contribution in [0.3, 0.4) is 0 Å². The fraction of sp³-hybridized carbons (Fsp3) is 0.639. The van der Waals surface area contributed by atoms with Gasteiger partial charge in [-0.15, -0.1) is 0 Å². The van der Waals surface area contributed by atoms with E-state index in [9.17, 15) is 24.3 Å². The summed E-state index contributed by atoms with van der Waals surface area (Å²) in [6, 6.07) is 5.63. The van der Waals surface area contributed by atoms with Gasteiger partial charge in [0.1, 0.15) is 35.6 Å². The molecule has 3 N–H and O–H groups in total. The number of carbonyl (C=O) groups excluding carboxylic acids is 3. The highest BCUT2D eigenvalue weighted by Crippen LogP contribution is 2.47. The molecule has 1 aromatic heterocycles. The second-order valence-corrected chi connectivity index (χ2v) is 13.9. The molecule has 5 atom stereocenters. The zero-order valence-corrected chi connectivity index (χ0v) is 28.0. The Morgan fingerprint density at radius 3 is 2.52 bits per heavy atom. The number of para-hydroxylation sites is 1. The van der Waals surface area contributed by atoms with Crippen molar-refractivity contribution in [3.05, 3.63) is 29.8 Å². The highest BCUT2D eigenvalue weighted by molar-refractivity contribution is 5.96. The number of ether oxygens (including phenoxy) is 3. The predicted molar refractivity (Wildman–Crippen MR) is 177 cm³/mol. The number of rotatable bonds is 7. The number of amides is 3. The Morgan fingerprint density at radius 2 is 1.77 bits per heavy atom. The maximum Gasteiger partial charge on any atom is 0.408 e. The SMILES string of the molecule is CCOc1cc(O[C@@H]2CC3C(=O)N[C@]4(C(=O)O)CC4CCCCCCC[C@H](NC(=O)OC4CCCC4)C(=O)N3C2)c2cccc(C)c2n1. The van der Waals surface area contributed by atoms with Crippen LogP contribution in [0.5, 0.6) is 11.6 Å². The lowest BCUT2D eigenvalue weighted by Crippen LogP contribution is -2.56. The lowest BCUT2D eigenvalue weighted by Gasteiger charge is -2.29. The van der Waals surface area contributed by atoms with E-state index in [1.54, 1.807) is 6.07 Å². The molecule has 12 nitrogen and oxygen atoms in total. The summed E-state index contributed by atoms with van der Waals surface area (Å²) in [6.45, 7) is 4.33. The first kappa shape index (κ1) is 33.8. The summed E-state index contributed by atoms with van der Waals surface area (Å²) in [5.74, 6) is -1.19. The standard InChI is InChI=1S/C36H48N4O8/c1-3-46-30-19-29(26-16-11-12-22(2)31(26)38-30)47-25-18-28-32(41)39-36(34(43)44)20-23(36)13-7-5-4-6-8-17-27(33(42)40(28)21-25)37-35(45)48-24-14-9-10-15-24/h11-12,16,19,23-25,27-28H,3-10,13-15,17-18,20-21H2,1-2H3,(H,37,45)(H,39,41)(H,43,44)/t23?,25-,27+,28?,36-/m1/s1. The van der Waals surface area contributed by atoms with Crippen LogP contribution < -0.4 is 20.1 Å². The van der Waals surface area contributed by atoms with Crippen LogP contribution in [0.4, 0.5) is 4.79 Å². The number of aryl methyl sites for hydroxylation is 1. The van der Waals surface area contributed by atoms with Gasteiger partial charge in [-0.3, -0.25) is 9.59 Å². The Hall–Kier alpha value is -4.09. The molecule has 2 saturated carbocycles. The van der Waals surface area contributed by atoms with Gasteiger partial charge in [-0.05, 0) is 76.3 Å². The highest BCUT2D eigenvalue weighted by Gasteiger charge is 2.62. The van der Waals surface area contributed by atoms with Gasteiger partial charge in [0.15, 0.2) is 0 Å². The molecule has 2 aliphatic carbocycles. The number of carboxylic acids is 1. The molecule has 0 radical (unpaired) electrons. The van der Waals surface area contributed by atoms with E-state index in [0.717, 1.165) is 80.7 Å². The van der Waals surface area contributed by atoms with E-state index >= 15 is 0 Å². The maximum absolute atomic E-state index is 14.4. The molecule has 3 amide bonds. The Balaban J connectivity index is 1.29. The largest absolute Gasteiger partial charge is 0.488 e. The number of benzene rings is 1. The monoisotopic (exact) mass is 664 g/mol.